The van der Waals surface area contributed by atoms with E-state index in [4.69, 9.17) is 5.11 Å². The third-order valence-corrected chi connectivity index (χ3v) is 4.26. The maximum absolute atomic E-state index is 12.0. The zero-order valence-electron chi connectivity index (χ0n) is 11.3. The van der Waals surface area contributed by atoms with Crippen molar-refractivity contribution in [2.45, 2.75) is 17.1 Å². The summed E-state index contributed by atoms with van der Waals surface area (Å²) >= 11 is 2.49. The summed E-state index contributed by atoms with van der Waals surface area (Å²) in [7, 11) is 0. The first-order valence-corrected chi connectivity index (χ1v) is 7.93. The smallest absolute Gasteiger partial charge is 0.481 e. The predicted molar refractivity (Wildman–Crippen MR) is 79.3 cm³/mol. The van der Waals surface area contributed by atoms with E-state index in [1.807, 2.05) is 0 Å². The van der Waals surface area contributed by atoms with Gasteiger partial charge in [0.15, 0.2) is 4.34 Å². The van der Waals surface area contributed by atoms with E-state index >= 15 is 0 Å². The predicted octanol–water partition coefficient (Wildman–Crippen LogP) is 3.75. The molecule has 0 saturated heterocycles. The topological polar surface area (TPSA) is 84.3 Å². The Labute approximate surface area is 136 Å². The molecule has 0 aliphatic carbocycles. The van der Waals surface area contributed by atoms with Crippen molar-refractivity contribution in [3.8, 4) is 5.75 Å². The molecule has 0 aliphatic rings. The van der Waals surface area contributed by atoms with Crippen LogP contribution in [-0.2, 0) is 4.79 Å². The lowest BCUT2D eigenvalue weighted by atomic mass is 10.3. The van der Waals surface area contributed by atoms with Crippen LogP contribution in [-0.4, -0.2) is 33.4 Å². The molecule has 2 N–H and O–H groups in total. The minimum atomic E-state index is -4.73. The van der Waals surface area contributed by atoms with E-state index in [0.29, 0.717) is 20.9 Å². The summed E-state index contributed by atoms with van der Waals surface area (Å²) in [6.07, 6.45) is -4.70. The van der Waals surface area contributed by atoms with Crippen LogP contribution in [0, 0.1) is 0 Å². The van der Waals surface area contributed by atoms with Crippen LogP contribution >= 0.6 is 23.1 Å². The molecule has 6 nitrogen and oxygen atoms in total. The molecule has 1 heterocycles. The van der Waals surface area contributed by atoms with E-state index in [9.17, 15) is 18.0 Å². The van der Waals surface area contributed by atoms with Crippen molar-refractivity contribution in [1.82, 2.24) is 10.2 Å². The number of benzene rings is 1. The summed E-state index contributed by atoms with van der Waals surface area (Å²) in [4.78, 5) is 10.4. The molecule has 0 amide bonds. The van der Waals surface area contributed by atoms with Crippen LogP contribution < -0.4 is 10.1 Å². The lowest BCUT2D eigenvalue weighted by Gasteiger charge is -2.09. The highest BCUT2D eigenvalue weighted by atomic mass is 32.2. The Morgan fingerprint density at radius 2 is 2.00 bits per heavy atom. The van der Waals surface area contributed by atoms with E-state index in [1.165, 1.54) is 47.4 Å². The van der Waals surface area contributed by atoms with Crippen LogP contribution in [0.2, 0.25) is 0 Å². The van der Waals surface area contributed by atoms with Gasteiger partial charge in [-0.25, -0.2) is 0 Å². The summed E-state index contributed by atoms with van der Waals surface area (Å²) in [5, 5.41) is 19.6. The van der Waals surface area contributed by atoms with Crippen LogP contribution in [0.25, 0.3) is 0 Å². The van der Waals surface area contributed by atoms with Crippen LogP contribution in [0.3, 0.4) is 0 Å². The Hall–Kier alpha value is -2.01. The second-order valence-electron chi connectivity index (χ2n) is 4.06. The summed E-state index contributed by atoms with van der Waals surface area (Å²) in [6.45, 7) is 0. The molecule has 0 spiro atoms. The molecule has 0 saturated carbocycles. The number of carbonyl (C=O) groups is 1. The molecule has 124 valence electrons. The van der Waals surface area contributed by atoms with E-state index in [0.717, 1.165) is 0 Å². The first kappa shape index (κ1) is 17.3. The Bertz CT molecular complexity index is 662. The fourth-order valence-corrected chi connectivity index (χ4v) is 3.18. The standard InChI is InChI=1S/C12H10F3N3O3S2/c13-12(14,15)21-8-3-1-7(2-4-8)16-10-17-18-11(23-10)22-6-5-9(19)20/h1-4H,5-6H2,(H,16,17)(H,19,20). The second kappa shape index (κ2) is 7.51. The van der Waals surface area contributed by atoms with Gasteiger partial charge in [0.05, 0.1) is 6.42 Å². The number of carboxylic acid groups (broad SMARTS) is 1. The van der Waals surface area contributed by atoms with Crippen molar-refractivity contribution >= 4 is 39.9 Å². The molecule has 2 aromatic rings. The molecule has 23 heavy (non-hydrogen) atoms. The number of hydrogen-bond acceptors (Lipinski definition) is 7. The third kappa shape index (κ3) is 6.32. The Kier molecular flexibility index (Phi) is 5.66. The number of thioether (sulfide) groups is 1. The number of carboxylic acids is 1. The summed E-state index contributed by atoms with van der Waals surface area (Å²) < 4.78 is 40.5. The number of alkyl halides is 3. The number of ether oxygens (including phenoxy) is 1. The largest absolute Gasteiger partial charge is 0.573 e. The number of aromatic nitrogens is 2. The van der Waals surface area contributed by atoms with Crippen molar-refractivity contribution in [2.24, 2.45) is 0 Å². The Morgan fingerprint density at radius 1 is 1.30 bits per heavy atom. The molecular weight excluding hydrogens is 355 g/mol. The Balaban J connectivity index is 1.89. The van der Waals surface area contributed by atoms with Gasteiger partial charge in [0.25, 0.3) is 0 Å². The van der Waals surface area contributed by atoms with Crippen molar-refractivity contribution in [3.05, 3.63) is 24.3 Å². The number of hydrogen-bond donors (Lipinski definition) is 2. The fraction of sp³-hybridized carbons (Fsp3) is 0.250. The molecule has 2 rings (SSSR count). The maximum atomic E-state index is 12.0. The summed E-state index contributed by atoms with van der Waals surface area (Å²) in [5.74, 6) is -0.820. The number of anilines is 2. The van der Waals surface area contributed by atoms with Gasteiger partial charge in [-0.3, -0.25) is 4.79 Å². The normalized spacial score (nSPS) is 11.3. The quantitative estimate of drug-likeness (QED) is 0.723. The highest BCUT2D eigenvalue weighted by Gasteiger charge is 2.30. The Morgan fingerprint density at radius 3 is 2.61 bits per heavy atom. The molecular formula is C12H10F3N3O3S2. The van der Waals surface area contributed by atoms with E-state index in [1.54, 1.807) is 0 Å². The lowest BCUT2D eigenvalue weighted by Crippen LogP contribution is -2.16. The van der Waals surface area contributed by atoms with Gasteiger partial charge in [0.1, 0.15) is 5.75 Å². The monoisotopic (exact) mass is 365 g/mol. The second-order valence-corrected chi connectivity index (χ2v) is 6.38. The minimum Gasteiger partial charge on any atom is -0.481 e. The van der Waals surface area contributed by atoms with Crippen molar-refractivity contribution in [3.63, 3.8) is 0 Å². The molecule has 0 atom stereocenters. The molecule has 1 aromatic heterocycles. The molecule has 1 aromatic carbocycles. The number of aliphatic carboxylic acids is 1. The summed E-state index contributed by atoms with van der Waals surface area (Å²) in [5.41, 5.74) is 0.526. The highest BCUT2D eigenvalue weighted by Crippen LogP contribution is 2.29. The summed E-state index contributed by atoms with van der Waals surface area (Å²) in [6, 6.07) is 5.19. The third-order valence-electron chi connectivity index (χ3n) is 2.29. The van der Waals surface area contributed by atoms with Crippen LogP contribution in [0.15, 0.2) is 28.6 Å². The van der Waals surface area contributed by atoms with Gasteiger partial charge in [0.2, 0.25) is 5.13 Å². The first-order chi connectivity index (χ1) is 10.8. The molecule has 0 unspecified atom stereocenters. The zero-order valence-corrected chi connectivity index (χ0v) is 13.0. The number of nitrogens with zero attached hydrogens (tertiary/aromatic N) is 2. The minimum absolute atomic E-state index is 0.0215. The first-order valence-electron chi connectivity index (χ1n) is 6.13. The number of nitrogens with one attached hydrogen (secondary N) is 1. The maximum Gasteiger partial charge on any atom is 0.573 e. The lowest BCUT2D eigenvalue weighted by molar-refractivity contribution is -0.274. The highest BCUT2D eigenvalue weighted by molar-refractivity contribution is 8.01. The van der Waals surface area contributed by atoms with Crippen molar-refractivity contribution in [2.75, 3.05) is 11.1 Å². The van der Waals surface area contributed by atoms with E-state index in [2.05, 4.69) is 20.3 Å². The number of rotatable bonds is 7. The van der Waals surface area contributed by atoms with Gasteiger partial charge in [-0.2, -0.15) is 0 Å². The van der Waals surface area contributed by atoms with Gasteiger partial charge in [-0.15, -0.1) is 23.4 Å². The van der Waals surface area contributed by atoms with E-state index < -0.39 is 12.3 Å². The van der Waals surface area contributed by atoms with Crippen LogP contribution in [0.4, 0.5) is 24.0 Å². The van der Waals surface area contributed by atoms with Crippen molar-refractivity contribution in [1.29, 1.82) is 0 Å². The molecule has 0 fully saturated rings. The molecule has 0 radical (unpaired) electrons. The van der Waals surface area contributed by atoms with Crippen LogP contribution in [0.1, 0.15) is 6.42 Å². The van der Waals surface area contributed by atoms with Crippen molar-refractivity contribution < 1.29 is 27.8 Å². The average Bonchev–Trinajstić information content (AvgIpc) is 2.86. The van der Waals surface area contributed by atoms with Gasteiger partial charge >= 0.3 is 12.3 Å². The molecule has 11 heteroatoms. The van der Waals surface area contributed by atoms with Gasteiger partial charge in [-0.05, 0) is 24.3 Å². The number of halogens is 3. The SMILES string of the molecule is O=C(O)CCSc1nnc(Nc2ccc(OC(F)(F)F)cc2)s1. The van der Waals surface area contributed by atoms with Gasteiger partial charge in [0, 0.05) is 11.4 Å². The zero-order chi connectivity index (χ0) is 16.9. The average molecular weight is 365 g/mol. The molecule has 0 aliphatic heterocycles. The van der Waals surface area contributed by atoms with E-state index in [-0.39, 0.29) is 12.2 Å². The van der Waals surface area contributed by atoms with Gasteiger partial charge in [-0.1, -0.05) is 23.1 Å². The van der Waals surface area contributed by atoms with Crippen LogP contribution in [0.5, 0.6) is 5.75 Å². The molecule has 0 bridgehead atoms. The van der Waals surface area contributed by atoms with Gasteiger partial charge < -0.3 is 15.2 Å². The fourth-order valence-electron chi connectivity index (χ4n) is 1.41.